The van der Waals surface area contributed by atoms with Crippen LogP contribution in [0.1, 0.15) is 15.9 Å². The minimum atomic E-state index is -0.181. The number of benzene rings is 1. The monoisotopic (exact) mass is 335 g/mol. The van der Waals surface area contributed by atoms with Crippen LogP contribution in [0.2, 0.25) is 0 Å². The third-order valence-electron chi connectivity index (χ3n) is 2.72. The fourth-order valence-electron chi connectivity index (χ4n) is 1.61. The second-order valence-corrected chi connectivity index (χ2v) is 4.98. The summed E-state index contributed by atoms with van der Waals surface area (Å²) in [6.07, 6.45) is 1.66. The third kappa shape index (κ3) is 3.48. The number of pyridine rings is 1. The van der Waals surface area contributed by atoms with Gasteiger partial charge in [0.05, 0.1) is 7.11 Å². The van der Waals surface area contributed by atoms with E-state index in [0.29, 0.717) is 23.7 Å². The van der Waals surface area contributed by atoms with Gasteiger partial charge in [-0.15, -0.1) is 0 Å². The molecule has 1 heterocycles. The van der Waals surface area contributed by atoms with Gasteiger partial charge in [0.15, 0.2) is 0 Å². The number of anilines is 1. The summed E-state index contributed by atoms with van der Waals surface area (Å²) in [6.45, 7) is 0.395. The number of nitrogens with one attached hydrogen (secondary N) is 1. The number of ether oxygens (including phenoxy) is 1. The Morgan fingerprint density at radius 2 is 2.20 bits per heavy atom. The molecule has 1 aromatic heterocycles. The number of nitrogens with zero attached hydrogens (tertiary/aromatic N) is 1. The molecule has 104 valence electrons. The summed E-state index contributed by atoms with van der Waals surface area (Å²) >= 11 is 3.29. The number of carbonyl (C=O) groups is 1. The van der Waals surface area contributed by atoms with E-state index in [-0.39, 0.29) is 5.91 Å². The number of hydrogen-bond donors (Lipinski definition) is 2. The Kier molecular flexibility index (Phi) is 4.57. The van der Waals surface area contributed by atoms with Crippen LogP contribution >= 0.6 is 15.9 Å². The van der Waals surface area contributed by atoms with Gasteiger partial charge in [-0.1, -0.05) is 6.07 Å². The molecule has 20 heavy (non-hydrogen) atoms. The fraction of sp³-hybridized carbons (Fsp3) is 0.143. The molecule has 0 aliphatic carbocycles. The van der Waals surface area contributed by atoms with Gasteiger partial charge >= 0.3 is 0 Å². The average molecular weight is 336 g/mol. The first-order chi connectivity index (χ1) is 9.60. The summed E-state index contributed by atoms with van der Waals surface area (Å²) in [7, 11) is 1.56. The van der Waals surface area contributed by atoms with Gasteiger partial charge in [0, 0.05) is 34.5 Å². The van der Waals surface area contributed by atoms with Crippen LogP contribution < -0.4 is 15.8 Å². The van der Waals surface area contributed by atoms with E-state index in [0.717, 1.165) is 10.0 Å². The molecule has 1 aromatic carbocycles. The smallest absolute Gasteiger partial charge is 0.251 e. The van der Waals surface area contributed by atoms with E-state index < -0.39 is 0 Å². The first-order valence-corrected chi connectivity index (χ1v) is 6.71. The molecule has 3 N–H and O–H groups in total. The number of hydrogen-bond acceptors (Lipinski definition) is 4. The number of halogens is 1. The summed E-state index contributed by atoms with van der Waals surface area (Å²) in [5, 5.41) is 2.81. The highest BCUT2D eigenvalue weighted by atomic mass is 79.9. The second kappa shape index (κ2) is 6.38. The number of carbonyl (C=O) groups excluding carboxylic acids is 1. The van der Waals surface area contributed by atoms with Crippen LogP contribution in [0.4, 0.5) is 5.69 Å². The quantitative estimate of drug-likeness (QED) is 0.841. The maximum Gasteiger partial charge on any atom is 0.251 e. The van der Waals surface area contributed by atoms with Crippen molar-refractivity contribution < 1.29 is 9.53 Å². The molecule has 0 bridgehead atoms. The van der Waals surface area contributed by atoms with Gasteiger partial charge < -0.3 is 15.8 Å². The maximum absolute atomic E-state index is 12.0. The van der Waals surface area contributed by atoms with Gasteiger partial charge in [-0.05, 0) is 39.7 Å². The van der Waals surface area contributed by atoms with E-state index >= 15 is 0 Å². The van der Waals surface area contributed by atoms with Gasteiger partial charge in [0.1, 0.15) is 0 Å². The number of rotatable bonds is 4. The van der Waals surface area contributed by atoms with Gasteiger partial charge in [-0.2, -0.15) is 0 Å². The number of nitrogens with two attached hydrogens (primary N) is 1. The molecular formula is C14H14BrN3O2. The molecule has 0 atom stereocenters. The van der Waals surface area contributed by atoms with Crippen molar-refractivity contribution in [2.45, 2.75) is 6.54 Å². The zero-order chi connectivity index (χ0) is 14.5. The Hall–Kier alpha value is -2.08. The zero-order valence-corrected chi connectivity index (χ0v) is 12.5. The van der Waals surface area contributed by atoms with Crippen molar-refractivity contribution in [3.05, 3.63) is 52.1 Å². The SMILES string of the molecule is COc1ccc(CNC(=O)c2ccc(Br)c(N)c2)cn1. The maximum atomic E-state index is 12.0. The number of aromatic nitrogens is 1. The third-order valence-corrected chi connectivity index (χ3v) is 3.44. The lowest BCUT2D eigenvalue weighted by molar-refractivity contribution is 0.0951. The van der Waals surface area contributed by atoms with Crippen LogP contribution in [0.5, 0.6) is 5.88 Å². The predicted molar refractivity (Wildman–Crippen MR) is 80.5 cm³/mol. The summed E-state index contributed by atoms with van der Waals surface area (Å²) < 4.78 is 5.74. The Balaban J connectivity index is 1.98. The molecule has 2 rings (SSSR count). The molecule has 0 radical (unpaired) electrons. The Labute approximate surface area is 125 Å². The van der Waals surface area contributed by atoms with Crippen molar-refractivity contribution in [3.8, 4) is 5.88 Å². The first-order valence-electron chi connectivity index (χ1n) is 5.92. The average Bonchev–Trinajstić information content (AvgIpc) is 2.48. The minimum absolute atomic E-state index is 0.181. The van der Waals surface area contributed by atoms with E-state index in [9.17, 15) is 4.79 Å². The molecule has 6 heteroatoms. The fourth-order valence-corrected chi connectivity index (χ4v) is 1.85. The van der Waals surface area contributed by atoms with Crippen LogP contribution in [0.25, 0.3) is 0 Å². The highest BCUT2D eigenvalue weighted by Crippen LogP contribution is 2.20. The molecule has 1 amide bonds. The Morgan fingerprint density at radius 1 is 1.40 bits per heavy atom. The normalized spacial score (nSPS) is 10.1. The Morgan fingerprint density at radius 3 is 2.80 bits per heavy atom. The molecule has 0 saturated carbocycles. The highest BCUT2D eigenvalue weighted by Gasteiger charge is 2.07. The van der Waals surface area contributed by atoms with Gasteiger partial charge in [0.25, 0.3) is 5.91 Å². The largest absolute Gasteiger partial charge is 0.481 e. The number of amides is 1. The number of methoxy groups -OCH3 is 1. The predicted octanol–water partition coefficient (Wildman–Crippen LogP) is 2.36. The molecular weight excluding hydrogens is 322 g/mol. The van der Waals surface area contributed by atoms with Gasteiger partial charge in [-0.25, -0.2) is 4.98 Å². The van der Waals surface area contributed by atoms with Crippen molar-refractivity contribution in [1.29, 1.82) is 0 Å². The highest BCUT2D eigenvalue weighted by molar-refractivity contribution is 9.10. The van der Waals surface area contributed by atoms with E-state index in [1.54, 1.807) is 37.6 Å². The van der Waals surface area contributed by atoms with Gasteiger partial charge in [0.2, 0.25) is 5.88 Å². The van der Waals surface area contributed by atoms with E-state index in [1.807, 2.05) is 6.07 Å². The lowest BCUT2D eigenvalue weighted by Crippen LogP contribution is -2.22. The molecule has 0 spiro atoms. The topological polar surface area (TPSA) is 77.2 Å². The second-order valence-electron chi connectivity index (χ2n) is 4.13. The molecule has 0 unspecified atom stereocenters. The van der Waals surface area contributed by atoms with Crippen molar-refractivity contribution in [2.24, 2.45) is 0 Å². The van der Waals surface area contributed by atoms with E-state index in [1.165, 1.54) is 0 Å². The zero-order valence-electron chi connectivity index (χ0n) is 10.9. The van der Waals surface area contributed by atoms with Gasteiger partial charge in [-0.3, -0.25) is 4.79 Å². The van der Waals surface area contributed by atoms with Crippen LogP contribution in [0.15, 0.2) is 41.0 Å². The van der Waals surface area contributed by atoms with Crippen LogP contribution in [0, 0.1) is 0 Å². The van der Waals surface area contributed by atoms with Crippen molar-refractivity contribution in [3.63, 3.8) is 0 Å². The van der Waals surface area contributed by atoms with Crippen LogP contribution in [-0.4, -0.2) is 18.0 Å². The summed E-state index contributed by atoms with van der Waals surface area (Å²) in [5.41, 5.74) is 7.69. The van der Waals surface area contributed by atoms with Crippen LogP contribution in [-0.2, 0) is 6.54 Å². The lowest BCUT2D eigenvalue weighted by Gasteiger charge is -2.07. The van der Waals surface area contributed by atoms with E-state index in [4.69, 9.17) is 10.5 Å². The summed E-state index contributed by atoms with van der Waals surface area (Å²) in [6, 6.07) is 8.69. The summed E-state index contributed by atoms with van der Waals surface area (Å²) in [4.78, 5) is 16.1. The number of nitrogen functional groups attached to an aromatic ring is 1. The lowest BCUT2D eigenvalue weighted by atomic mass is 10.2. The van der Waals surface area contributed by atoms with E-state index in [2.05, 4.69) is 26.2 Å². The summed E-state index contributed by atoms with van der Waals surface area (Å²) in [5.74, 6) is 0.362. The molecule has 5 nitrogen and oxygen atoms in total. The van der Waals surface area contributed by atoms with Crippen LogP contribution in [0.3, 0.4) is 0 Å². The molecule has 0 fully saturated rings. The van der Waals surface area contributed by atoms with Crippen molar-refractivity contribution in [1.82, 2.24) is 10.3 Å². The van der Waals surface area contributed by atoms with Crippen molar-refractivity contribution in [2.75, 3.05) is 12.8 Å². The molecule has 2 aromatic rings. The minimum Gasteiger partial charge on any atom is -0.481 e. The first kappa shape index (κ1) is 14.3. The molecule has 0 aliphatic rings. The molecule has 0 saturated heterocycles. The van der Waals surface area contributed by atoms with Crippen molar-refractivity contribution >= 4 is 27.5 Å². The standard InChI is InChI=1S/C14H14BrN3O2/c1-20-13-5-2-9(7-17-13)8-18-14(19)10-3-4-11(15)12(16)6-10/h2-7H,8,16H2,1H3,(H,18,19). The Bertz CT molecular complexity index is 614. The molecule has 0 aliphatic heterocycles.